The Morgan fingerprint density at radius 3 is 2.71 bits per heavy atom. The lowest BCUT2D eigenvalue weighted by atomic mass is 10.0. The number of sulfonamides is 1. The molecule has 0 radical (unpaired) electrons. The molecule has 3 aromatic rings. The van der Waals surface area contributed by atoms with Gasteiger partial charge in [-0.2, -0.15) is 14.4 Å². The summed E-state index contributed by atoms with van der Waals surface area (Å²) in [4.78, 5) is 12.1. The number of nitrogens with one attached hydrogen (secondary N) is 1. The molecule has 0 fully saturated rings. The number of fused-ring (bicyclic) bond motifs is 2. The van der Waals surface area contributed by atoms with E-state index in [4.69, 9.17) is 5.73 Å². The van der Waals surface area contributed by atoms with Gasteiger partial charge in [0.15, 0.2) is 17.0 Å². The van der Waals surface area contributed by atoms with Crippen LogP contribution in [-0.2, 0) is 35.8 Å². The van der Waals surface area contributed by atoms with Gasteiger partial charge in [0.05, 0.1) is 5.75 Å². The smallest absolute Gasteiger partial charge is 0.312 e. The van der Waals surface area contributed by atoms with E-state index < -0.39 is 16.1 Å². The number of benzene rings is 1. The summed E-state index contributed by atoms with van der Waals surface area (Å²) in [5, 5.41) is 0. The predicted molar refractivity (Wildman–Crippen MR) is 126 cm³/mol. The molecule has 0 saturated carbocycles. The van der Waals surface area contributed by atoms with Gasteiger partial charge in [-0.3, -0.25) is 0 Å². The molecular formula is C20H24FIN6O2S. The predicted octanol–water partition coefficient (Wildman–Crippen LogP) is 2.56. The minimum atomic E-state index is -3.36. The van der Waals surface area contributed by atoms with Crippen LogP contribution in [0.2, 0.25) is 0 Å². The van der Waals surface area contributed by atoms with Crippen LogP contribution >= 0.6 is 22.6 Å². The second-order valence-electron chi connectivity index (χ2n) is 7.64. The Bertz CT molecular complexity index is 1240. The van der Waals surface area contributed by atoms with Crippen LogP contribution in [0.15, 0.2) is 12.1 Å². The van der Waals surface area contributed by atoms with Gasteiger partial charge in [0, 0.05) is 23.1 Å². The van der Waals surface area contributed by atoms with Crippen molar-refractivity contribution in [2.75, 3.05) is 18.0 Å². The molecule has 1 aliphatic carbocycles. The Morgan fingerprint density at radius 2 is 1.97 bits per heavy atom. The maximum Gasteiger partial charge on any atom is 0.312 e. The van der Waals surface area contributed by atoms with Crippen molar-refractivity contribution in [2.45, 2.75) is 45.6 Å². The summed E-state index contributed by atoms with van der Waals surface area (Å²) in [5.74, 6) is 0.601. The fourth-order valence-electron chi connectivity index (χ4n) is 4.06. The van der Waals surface area contributed by atoms with Crippen molar-refractivity contribution in [1.82, 2.24) is 24.2 Å². The summed E-state index contributed by atoms with van der Waals surface area (Å²) in [6.07, 6.45) is 3.27. The zero-order chi connectivity index (χ0) is 22.2. The number of nitrogens with zero attached hydrogens (tertiary/aromatic N) is 4. The first-order valence-corrected chi connectivity index (χ1v) is 13.0. The molecule has 4 rings (SSSR count). The number of anilines is 1. The average Bonchev–Trinajstić information content (AvgIpc) is 3.27. The minimum absolute atomic E-state index is 0.0218. The van der Waals surface area contributed by atoms with Crippen LogP contribution < -0.4 is 10.5 Å². The molecule has 0 atom stereocenters. The molecule has 0 amide bonds. The summed E-state index contributed by atoms with van der Waals surface area (Å²) < 4.78 is 43.3. The molecule has 0 saturated heterocycles. The van der Waals surface area contributed by atoms with E-state index in [1.165, 1.54) is 17.5 Å². The largest absolute Gasteiger partial charge is 0.382 e. The number of aryl methyl sites for hydroxylation is 3. The summed E-state index contributed by atoms with van der Waals surface area (Å²) in [6.45, 7) is 2.40. The third kappa shape index (κ3) is 4.82. The highest BCUT2D eigenvalue weighted by Crippen LogP contribution is 2.29. The normalized spacial score (nSPS) is 13.8. The van der Waals surface area contributed by atoms with Gasteiger partial charge in [0.25, 0.3) is 0 Å². The molecule has 2 aromatic heterocycles. The lowest BCUT2D eigenvalue weighted by Crippen LogP contribution is -2.26. The van der Waals surface area contributed by atoms with E-state index in [0.717, 1.165) is 22.0 Å². The standard InChI is InChI=1S/C20H24FIN6O2S/c1-2-24-31(29,30)8-4-7-28-16(25-17-18(23)26-20(21)27-19(17)28)11-14-9-12-5-3-6-13(12)10-15(14)22/h9-10,24H,2-8,11H2,1H3,(H2,23,26,27). The Labute approximate surface area is 194 Å². The zero-order valence-corrected chi connectivity index (χ0v) is 20.1. The van der Waals surface area contributed by atoms with Gasteiger partial charge in [0.2, 0.25) is 10.0 Å². The van der Waals surface area contributed by atoms with Gasteiger partial charge < -0.3 is 10.3 Å². The number of hydrogen-bond donors (Lipinski definition) is 2. The van der Waals surface area contributed by atoms with Crippen molar-refractivity contribution in [1.29, 1.82) is 0 Å². The van der Waals surface area contributed by atoms with Gasteiger partial charge in [-0.05, 0) is 71.0 Å². The fraction of sp³-hybridized carbons (Fsp3) is 0.450. The number of rotatable bonds is 8. The van der Waals surface area contributed by atoms with Crippen molar-refractivity contribution in [2.24, 2.45) is 0 Å². The van der Waals surface area contributed by atoms with E-state index in [1.807, 2.05) is 0 Å². The second-order valence-corrected chi connectivity index (χ2v) is 10.7. The van der Waals surface area contributed by atoms with Crippen LogP contribution in [0.25, 0.3) is 11.2 Å². The van der Waals surface area contributed by atoms with E-state index >= 15 is 0 Å². The van der Waals surface area contributed by atoms with Crippen LogP contribution in [0.4, 0.5) is 10.2 Å². The monoisotopic (exact) mass is 558 g/mol. The molecule has 0 unspecified atom stereocenters. The first kappa shape index (κ1) is 22.3. The SMILES string of the molecule is CCNS(=O)(=O)CCCn1c(Cc2cc3c(cc2I)CCC3)nc2c(N)nc(F)nc21. The lowest BCUT2D eigenvalue weighted by molar-refractivity contribution is 0.540. The molecule has 0 bridgehead atoms. The van der Waals surface area contributed by atoms with Crippen LogP contribution in [0.3, 0.4) is 0 Å². The molecule has 166 valence electrons. The van der Waals surface area contributed by atoms with Crippen molar-refractivity contribution in [3.05, 3.63) is 44.3 Å². The zero-order valence-electron chi connectivity index (χ0n) is 17.2. The molecule has 3 N–H and O–H groups in total. The van der Waals surface area contributed by atoms with E-state index in [2.05, 4.69) is 54.4 Å². The van der Waals surface area contributed by atoms with Crippen molar-refractivity contribution in [3.8, 4) is 0 Å². The van der Waals surface area contributed by atoms with Gasteiger partial charge >= 0.3 is 6.08 Å². The molecule has 11 heteroatoms. The Kier molecular flexibility index (Phi) is 6.44. The van der Waals surface area contributed by atoms with E-state index in [0.29, 0.717) is 37.3 Å². The Hall–Kier alpha value is -1.86. The molecule has 1 aromatic carbocycles. The van der Waals surface area contributed by atoms with E-state index in [9.17, 15) is 12.8 Å². The maximum atomic E-state index is 13.9. The van der Waals surface area contributed by atoms with Crippen molar-refractivity contribution in [3.63, 3.8) is 0 Å². The summed E-state index contributed by atoms with van der Waals surface area (Å²) >= 11 is 2.33. The topological polar surface area (TPSA) is 116 Å². The second kappa shape index (κ2) is 8.94. The highest BCUT2D eigenvalue weighted by atomic mass is 127. The highest BCUT2D eigenvalue weighted by molar-refractivity contribution is 14.1. The van der Waals surface area contributed by atoms with Crippen LogP contribution in [0, 0.1) is 9.65 Å². The highest BCUT2D eigenvalue weighted by Gasteiger charge is 2.20. The van der Waals surface area contributed by atoms with Gasteiger partial charge in [0.1, 0.15) is 5.82 Å². The van der Waals surface area contributed by atoms with Gasteiger partial charge in [-0.1, -0.05) is 13.0 Å². The maximum absolute atomic E-state index is 13.9. The number of nitrogen functional groups attached to an aromatic ring is 1. The van der Waals surface area contributed by atoms with Gasteiger partial charge in [-0.15, -0.1) is 0 Å². The number of nitrogens with two attached hydrogens (primary N) is 1. The molecule has 8 nitrogen and oxygen atoms in total. The lowest BCUT2D eigenvalue weighted by Gasteiger charge is -2.12. The van der Waals surface area contributed by atoms with Crippen molar-refractivity contribution >= 4 is 49.6 Å². The summed E-state index contributed by atoms with van der Waals surface area (Å²) in [7, 11) is -3.36. The Balaban J connectivity index is 1.69. The molecule has 31 heavy (non-hydrogen) atoms. The molecule has 0 aliphatic heterocycles. The average molecular weight is 558 g/mol. The quantitative estimate of drug-likeness (QED) is 0.325. The molecule has 0 spiro atoms. The van der Waals surface area contributed by atoms with E-state index in [-0.39, 0.29) is 17.2 Å². The van der Waals surface area contributed by atoms with Crippen molar-refractivity contribution < 1.29 is 12.8 Å². The number of halogens is 2. The van der Waals surface area contributed by atoms with E-state index in [1.54, 1.807) is 11.5 Å². The third-order valence-corrected chi connectivity index (χ3v) is 8.00. The minimum Gasteiger partial charge on any atom is -0.382 e. The third-order valence-electron chi connectivity index (χ3n) is 5.44. The fourth-order valence-corrected chi connectivity index (χ4v) is 5.88. The Morgan fingerprint density at radius 1 is 1.23 bits per heavy atom. The molecule has 1 aliphatic rings. The number of hydrogen-bond acceptors (Lipinski definition) is 6. The van der Waals surface area contributed by atoms with Gasteiger partial charge in [-0.25, -0.2) is 18.1 Å². The van der Waals surface area contributed by atoms with Crippen LogP contribution in [0.1, 0.15) is 42.3 Å². The van der Waals surface area contributed by atoms with Crippen LogP contribution in [0.5, 0.6) is 0 Å². The molecule has 2 heterocycles. The molecular weight excluding hydrogens is 534 g/mol. The first-order chi connectivity index (χ1) is 14.8. The first-order valence-electron chi connectivity index (χ1n) is 10.2. The van der Waals surface area contributed by atoms with Crippen LogP contribution in [-0.4, -0.2) is 40.2 Å². The summed E-state index contributed by atoms with van der Waals surface area (Å²) in [5.41, 5.74) is 10.4. The number of aromatic nitrogens is 4. The number of imidazole rings is 1. The summed E-state index contributed by atoms with van der Waals surface area (Å²) in [6, 6.07) is 4.45.